The lowest BCUT2D eigenvalue weighted by atomic mass is 9.99. The highest BCUT2D eigenvalue weighted by atomic mass is 16.5. The third-order valence-corrected chi connectivity index (χ3v) is 3.90. The molecule has 0 aliphatic carbocycles. The van der Waals surface area contributed by atoms with E-state index < -0.39 is 0 Å². The fourth-order valence-electron chi connectivity index (χ4n) is 2.65. The second kappa shape index (κ2) is 7.18. The number of aryl methyl sites for hydroxylation is 2. The number of nitrogens with one attached hydrogen (secondary N) is 1. The van der Waals surface area contributed by atoms with Gasteiger partial charge in [0.1, 0.15) is 17.1 Å². The number of amides is 1. The third-order valence-electron chi connectivity index (χ3n) is 3.90. The Morgan fingerprint density at radius 3 is 2.22 bits per heavy atom. The number of carbonyl (C=O) groups excluding carboxylic acids is 1. The zero-order valence-electron chi connectivity index (χ0n) is 14.3. The number of hydrogen-bond donors (Lipinski definition) is 1. The second-order valence-corrected chi connectivity index (χ2v) is 5.59. The maximum Gasteiger partial charge on any atom is 0.259 e. The summed E-state index contributed by atoms with van der Waals surface area (Å²) < 4.78 is 10.6. The van der Waals surface area contributed by atoms with Crippen molar-refractivity contribution in [2.75, 3.05) is 14.2 Å². The van der Waals surface area contributed by atoms with E-state index in [0.717, 1.165) is 11.1 Å². The van der Waals surface area contributed by atoms with Crippen molar-refractivity contribution in [3.63, 3.8) is 0 Å². The normalized spacial score (nSPS) is 11.7. The van der Waals surface area contributed by atoms with Gasteiger partial charge in [0.2, 0.25) is 0 Å². The molecule has 0 aromatic heterocycles. The molecule has 4 heteroatoms. The van der Waals surface area contributed by atoms with Crippen molar-refractivity contribution in [2.45, 2.75) is 26.8 Å². The van der Waals surface area contributed by atoms with Crippen LogP contribution < -0.4 is 14.8 Å². The van der Waals surface area contributed by atoms with E-state index in [1.807, 2.05) is 20.8 Å². The molecule has 0 saturated heterocycles. The quantitative estimate of drug-likeness (QED) is 0.913. The predicted molar refractivity (Wildman–Crippen MR) is 91.3 cm³/mol. The molecule has 1 amide bonds. The summed E-state index contributed by atoms with van der Waals surface area (Å²) in [5.41, 5.74) is 3.83. The number of hydrogen-bond acceptors (Lipinski definition) is 3. The number of carbonyl (C=O) groups is 1. The van der Waals surface area contributed by atoms with Gasteiger partial charge in [-0.15, -0.1) is 0 Å². The molecule has 0 unspecified atom stereocenters. The summed E-state index contributed by atoms with van der Waals surface area (Å²) in [6, 6.07) is 11.4. The molecule has 1 atom stereocenters. The second-order valence-electron chi connectivity index (χ2n) is 5.59. The van der Waals surface area contributed by atoms with Crippen LogP contribution in [-0.2, 0) is 0 Å². The van der Waals surface area contributed by atoms with Crippen molar-refractivity contribution in [1.29, 1.82) is 0 Å². The van der Waals surface area contributed by atoms with E-state index in [-0.39, 0.29) is 11.9 Å². The van der Waals surface area contributed by atoms with E-state index in [4.69, 9.17) is 9.47 Å². The molecule has 2 aromatic rings. The highest BCUT2D eigenvalue weighted by Crippen LogP contribution is 2.29. The van der Waals surface area contributed by atoms with Crippen LogP contribution in [0.3, 0.4) is 0 Å². The highest BCUT2D eigenvalue weighted by molar-refractivity contribution is 6.00. The zero-order valence-corrected chi connectivity index (χ0v) is 14.3. The molecular formula is C19H23NO3. The summed E-state index contributed by atoms with van der Waals surface area (Å²) in [4.78, 5) is 12.7. The minimum Gasteiger partial charge on any atom is -0.496 e. The van der Waals surface area contributed by atoms with Crippen molar-refractivity contribution < 1.29 is 14.3 Å². The van der Waals surface area contributed by atoms with Crippen LogP contribution >= 0.6 is 0 Å². The van der Waals surface area contributed by atoms with Crippen molar-refractivity contribution in [3.8, 4) is 11.5 Å². The molecule has 0 bridgehead atoms. The first-order valence-corrected chi connectivity index (χ1v) is 7.57. The molecule has 2 rings (SSSR count). The maximum absolute atomic E-state index is 12.7. The summed E-state index contributed by atoms with van der Waals surface area (Å²) in [5.74, 6) is 0.776. The molecule has 0 aliphatic heterocycles. The van der Waals surface area contributed by atoms with Crippen LogP contribution in [-0.4, -0.2) is 20.1 Å². The van der Waals surface area contributed by atoms with Crippen LogP contribution in [0.5, 0.6) is 11.5 Å². The molecule has 23 heavy (non-hydrogen) atoms. The molecule has 0 heterocycles. The largest absolute Gasteiger partial charge is 0.496 e. The third kappa shape index (κ3) is 3.65. The van der Waals surface area contributed by atoms with Gasteiger partial charge in [-0.25, -0.2) is 0 Å². The fourth-order valence-corrected chi connectivity index (χ4v) is 2.65. The molecular weight excluding hydrogens is 290 g/mol. The standard InChI is InChI=1S/C19H23NO3/c1-12-9-10-13(2)15(11-12)14(3)20-19(21)18-16(22-4)7-6-8-17(18)23-5/h6-11,14H,1-5H3,(H,20,21)/t14-/m1/s1. The fraction of sp³-hybridized carbons (Fsp3) is 0.316. The zero-order chi connectivity index (χ0) is 17.0. The van der Waals surface area contributed by atoms with E-state index in [2.05, 4.69) is 23.5 Å². The van der Waals surface area contributed by atoms with E-state index in [1.165, 1.54) is 5.56 Å². The van der Waals surface area contributed by atoms with E-state index in [1.54, 1.807) is 32.4 Å². The topological polar surface area (TPSA) is 47.6 Å². The summed E-state index contributed by atoms with van der Waals surface area (Å²) in [7, 11) is 3.08. The van der Waals surface area contributed by atoms with Gasteiger partial charge in [-0.1, -0.05) is 29.8 Å². The molecule has 0 saturated carbocycles. The van der Waals surface area contributed by atoms with Gasteiger partial charge < -0.3 is 14.8 Å². The first-order chi connectivity index (χ1) is 11.0. The molecule has 1 N–H and O–H groups in total. The van der Waals surface area contributed by atoms with Crippen LogP contribution in [0.15, 0.2) is 36.4 Å². The molecule has 0 spiro atoms. The van der Waals surface area contributed by atoms with Crippen LogP contribution in [0.2, 0.25) is 0 Å². The van der Waals surface area contributed by atoms with E-state index >= 15 is 0 Å². The summed E-state index contributed by atoms with van der Waals surface area (Å²) in [6.07, 6.45) is 0. The van der Waals surface area contributed by atoms with Crippen LogP contribution in [0, 0.1) is 13.8 Å². The van der Waals surface area contributed by atoms with Crippen molar-refractivity contribution >= 4 is 5.91 Å². The summed E-state index contributed by atoms with van der Waals surface area (Å²) >= 11 is 0. The van der Waals surface area contributed by atoms with Gasteiger partial charge >= 0.3 is 0 Å². The Morgan fingerprint density at radius 1 is 1.04 bits per heavy atom. The molecule has 0 aliphatic rings. The van der Waals surface area contributed by atoms with Crippen LogP contribution in [0.1, 0.15) is 40.0 Å². The van der Waals surface area contributed by atoms with Crippen molar-refractivity contribution in [2.24, 2.45) is 0 Å². The summed E-state index contributed by atoms with van der Waals surface area (Å²) in [6.45, 7) is 6.06. The monoisotopic (exact) mass is 313 g/mol. The van der Waals surface area contributed by atoms with Crippen molar-refractivity contribution in [1.82, 2.24) is 5.32 Å². The molecule has 0 radical (unpaired) electrons. The Balaban J connectivity index is 2.30. The Labute approximate surface area is 137 Å². The molecule has 4 nitrogen and oxygen atoms in total. The number of benzene rings is 2. The van der Waals surface area contributed by atoms with Gasteiger partial charge in [-0.3, -0.25) is 4.79 Å². The van der Waals surface area contributed by atoms with Gasteiger partial charge in [0.25, 0.3) is 5.91 Å². The van der Waals surface area contributed by atoms with Gasteiger partial charge in [-0.2, -0.15) is 0 Å². The first-order valence-electron chi connectivity index (χ1n) is 7.57. The van der Waals surface area contributed by atoms with E-state index in [9.17, 15) is 4.79 Å². The number of methoxy groups -OCH3 is 2. The number of rotatable bonds is 5. The van der Waals surface area contributed by atoms with Crippen molar-refractivity contribution in [3.05, 3.63) is 58.7 Å². The Bertz CT molecular complexity index is 688. The molecule has 2 aromatic carbocycles. The van der Waals surface area contributed by atoms with Gasteiger partial charge in [0, 0.05) is 0 Å². The Hall–Kier alpha value is -2.49. The Morgan fingerprint density at radius 2 is 1.65 bits per heavy atom. The Kier molecular flexibility index (Phi) is 5.27. The van der Waals surface area contributed by atoms with Gasteiger partial charge in [-0.05, 0) is 44.0 Å². The minimum atomic E-state index is -0.215. The van der Waals surface area contributed by atoms with Gasteiger partial charge in [0.05, 0.1) is 20.3 Å². The lowest BCUT2D eigenvalue weighted by Crippen LogP contribution is -2.28. The smallest absolute Gasteiger partial charge is 0.259 e. The maximum atomic E-state index is 12.7. The van der Waals surface area contributed by atoms with Crippen LogP contribution in [0.4, 0.5) is 0 Å². The first kappa shape index (κ1) is 16.9. The highest BCUT2D eigenvalue weighted by Gasteiger charge is 2.20. The summed E-state index contributed by atoms with van der Waals surface area (Å²) in [5, 5.41) is 3.03. The molecule has 0 fully saturated rings. The predicted octanol–water partition coefficient (Wildman–Crippen LogP) is 3.81. The minimum absolute atomic E-state index is 0.114. The lowest BCUT2D eigenvalue weighted by Gasteiger charge is -2.19. The molecule has 122 valence electrons. The van der Waals surface area contributed by atoms with Gasteiger partial charge in [0.15, 0.2) is 0 Å². The average molecular weight is 313 g/mol. The lowest BCUT2D eigenvalue weighted by molar-refractivity contribution is 0.0933. The number of ether oxygens (including phenoxy) is 2. The van der Waals surface area contributed by atoms with Crippen LogP contribution in [0.25, 0.3) is 0 Å². The SMILES string of the molecule is COc1cccc(OC)c1C(=O)N[C@H](C)c1cc(C)ccc1C. The van der Waals surface area contributed by atoms with E-state index in [0.29, 0.717) is 17.1 Å². The average Bonchev–Trinajstić information content (AvgIpc) is 2.55.